The number of rotatable bonds is 1. The summed E-state index contributed by atoms with van der Waals surface area (Å²) in [5.41, 5.74) is 7.30. The third kappa shape index (κ3) is 2.68. The summed E-state index contributed by atoms with van der Waals surface area (Å²) in [6.07, 6.45) is 8.63. The zero-order valence-electron chi connectivity index (χ0n) is 15.9. The van der Waals surface area contributed by atoms with Crippen LogP contribution in [0.4, 0.5) is 0 Å². The molecule has 0 radical (unpaired) electrons. The number of aromatic nitrogens is 4. The predicted octanol–water partition coefficient (Wildman–Crippen LogP) is 5.62. The fraction of sp³-hybridized carbons (Fsp3) is 0. The van der Waals surface area contributed by atoms with Crippen molar-refractivity contribution in [2.24, 2.45) is 0 Å². The summed E-state index contributed by atoms with van der Waals surface area (Å²) in [5, 5.41) is 2.24. The summed E-state index contributed by atoms with van der Waals surface area (Å²) < 4.78 is 0. The zero-order valence-corrected chi connectivity index (χ0v) is 15.9. The molecule has 30 heavy (non-hydrogen) atoms. The third-order valence-corrected chi connectivity index (χ3v) is 5.40. The van der Waals surface area contributed by atoms with Gasteiger partial charge in [0.05, 0.1) is 33.9 Å². The molecule has 0 saturated heterocycles. The molecule has 0 saturated carbocycles. The second kappa shape index (κ2) is 6.39. The highest BCUT2D eigenvalue weighted by atomic mass is 16.1. The minimum absolute atomic E-state index is 0.530. The number of aromatic amines is 2. The Morgan fingerprint density at radius 3 is 2.07 bits per heavy atom. The van der Waals surface area contributed by atoms with Crippen LogP contribution in [0.3, 0.4) is 0 Å². The number of benzene rings is 1. The van der Waals surface area contributed by atoms with E-state index in [1.54, 1.807) is 0 Å². The molecule has 3 aromatic heterocycles. The van der Waals surface area contributed by atoms with E-state index in [4.69, 9.17) is 4.98 Å². The lowest BCUT2D eigenvalue weighted by Gasteiger charge is -1.92. The lowest BCUT2D eigenvalue weighted by molar-refractivity contribution is 0.112. The van der Waals surface area contributed by atoms with Crippen molar-refractivity contribution in [3.8, 4) is 0 Å². The van der Waals surface area contributed by atoms with Gasteiger partial charge in [-0.25, -0.2) is 9.97 Å². The molecule has 5 nitrogen and oxygen atoms in total. The second-order valence-corrected chi connectivity index (χ2v) is 7.34. The zero-order chi connectivity index (χ0) is 20.1. The van der Waals surface area contributed by atoms with Crippen molar-refractivity contribution in [2.45, 2.75) is 0 Å². The Labute approximate surface area is 171 Å². The number of H-pyrrole nitrogens is 2. The number of carbonyl (C=O) groups excluding carboxylic acids is 1. The van der Waals surface area contributed by atoms with Crippen LogP contribution in [0.25, 0.3) is 57.1 Å². The molecule has 6 rings (SSSR count). The average Bonchev–Trinajstić information content (AvgIpc) is 3.54. The fourth-order valence-corrected chi connectivity index (χ4v) is 3.99. The molecule has 0 atom stereocenters. The lowest BCUT2D eigenvalue weighted by Crippen LogP contribution is -1.86. The highest BCUT2D eigenvalue weighted by molar-refractivity contribution is 6.07. The Balaban J connectivity index is 1.79. The van der Waals surface area contributed by atoms with E-state index in [9.17, 15) is 4.79 Å². The van der Waals surface area contributed by atoms with Crippen molar-refractivity contribution >= 4 is 63.4 Å². The first-order chi connectivity index (χ1) is 14.8. The minimum atomic E-state index is 0.530. The largest absolute Gasteiger partial charge is 0.355 e. The Kier molecular flexibility index (Phi) is 3.55. The van der Waals surface area contributed by atoms with E-state index in [1.807, 2.05) is 60.7 Å². The van der Waals surface area contributed by atoms with Gasteiger partial charge in [0.15, 0.2) is 6.29 Å². The van der Waals surface area contributed by atoms with Gasteiger partial charge in [-0.2, -0.15) is 0 Å². The van der Waals surface area contributed by atoms with Crippen LogP contribution in [0.1, 0.15) is 33.1 Å². The summed E-state index contributed by atoms with van der Waals surface area (Å²) in [4.78, 5) is 28.0. The van der Waals surface area contributed by atoms with Gasteiger partial charge in [0.1, 0.15) is 0 Å². The topological polar surface area (TPSA) is 74.4 Å². The van der Waals surface area contributed by atoms with Crippen molar-refractivity contribution in [3.63, 3.8) is 0 Å². The van der Waals surface area contributed by atoms with Crippen LogP contribution < -0.4 is 0 Å². The van der Waals surface area contributed by atoms with Gasteiger partial charge in [0.25, 0.3) is 0 Å². The SMILES string of the molecule is O=Cc1c2nc(cc3[nH]c(cc4nc(cc5ccc1[nH]5)C=C4)c1ccccc31)C=C2. The first-order valence-corrected chi connectivity index (χ1v) is 9.71. The number of carbonyl (C=O) groups is 1. The molecule has 4 aromatic rings. The van der Waals surface area contributed by atoms with E-state index in [0.29, 0.717) is 11.3 Å². The molecule has 5 heterocycles. The fourth-order valence-electron chi connectivity index (χ4n) is 3.99. The number of nitrogens with one attached hydrogen (secondary N) is 2. The van der Waals surface area contributed by atoms with Crippen molar-refractivity contribution in [2.75, 3.05) is 0 Å². The lowest BCUT2D eigenvalue weighted by atomic mass is 10.1. The van der Waals surface area contributed by atoms with Crippen LogP contribution in [0.2, 0.25) is 0 Å². The van der Waals surface area contributed by atoms with Crippen LogP contribution >= 0.6 is 0 Å². The highest BCUT2D eigenvalue weighted by Gasteiger charge is 2.09. The monoisotopic (exact) mass is 388 g/mol. The molecule has 0 aliphatic carbocycles. The van der Waals surface area contributed by atoms with Crippen molar-refractivity contribution in [1.29, 1.82) is 0 Å². The molecule has 0 unspecified atom stereocenters. The van der Waals surface area contributed by atoms with E-state index in [0.717, 1.165) is 56.2 Å². The second-order valence-electron chi connectivity index (χ2n) is 7.34. The van der Waals surface area contributed by atoms with Gasteiger partial charge >= 0.3 is 0 Å². The third-order valence-electron chi connectivity index (χ3n) is 5.40. The maximum absolute atomic E-state index is 11.8. The molecule has 5 heteroatoms. The summed E-state index contributed by atoms with van der Waals surface area (Å²) >= 11 is 0. The molecule has 0 amide bonds. The van der Waals surface area contributed by atoms with Gasteiger partial charge in [0.2, 0.25) is 0 Å². The molecule has 142 valence electrons. The standard InChI is InChI=1S/C25H16N4O/c30-14-21-22-9-7-16(27-22)11-15-5-6-17(26-15)12-24-19-3-1-2-4-20(19)25(29-24)13-18-8-10-23(21)28-18/h1-14,27,29H. The van der Waals surface area contributed by atoms with Crippen LogP contribution in [0, 0.1) is 0 Å². The Bertz CT molecular complexity index is 1570. The summed E-state index contributed by atoms with van der Waals surface area (Å²) in [7, 11) is 0. The van der Waals surface area contributed by atoms with Gasteiger partial charge in [-0.3, -0.25) is 4.79 Å². The Morgan fingerprint density at radius 1 is 0.667 bits per heavy atom. The molecular formula is C25H16N4O. The average molecular weight is 388 g/mol. The Morgan fingerprint density at radius 2 is 1.33 bits per heavy atom. The number of hydrogen-bond acceptors (Lipinski definition) is 3. The van der Waals surface area contributed by atoms with Crippen LogP contribution in [-0.2, 0) is 0 Å². The van der Waals surface area contributed by atoms with E-state index in [1.165, 1.54) is 0 Å². The van der Waals surface area contributed by atoms with E-state index in [2.05, 4.69) is 33.2 Å². The number of aldehydes is 1. The molecular weight excluding hydrogens is 372 g/mol. The Hall–Kier alpha value is -4.25. The first-order valence-electron chi connectivity index (χ1n) is 9.71. The molecule has 2 aliphatic heterocycles. The molecule has 1 aromatic carbocycles. The first kappa shape index (κ1) is 16.7. The van der Waals surface area contributed by atoms with E-state index < -0.39 is 0 Å². The summed E-state index contributed by atoms with van der Waals surface area (Å²) in [5.74, 6) is 0. The van der Waals surface area contributed by atoms with Gasteiger partial charge in [-0.05, 0) is 54.6 Å². The quantitative estimate of drug-likeness (QED) is 0.359. The number of hydrogen-bond donors (Lipinski definition) is 2. The number of fused-ring (bicyclic) bond motifs is 11. The summed E-state index contributed by atoms with van der Waals surface area (Å²) in [6.45, 7) is 0. The van der Waals surface area contributed by atoms with E-state index in [-0.39, 0.29) is 0 Å². The smallest absolute Gasteiger partial charge is 0.154 e. The van der Waals surface area contributed by atoms with Crippen LogP contribution in [-0.4, -0.2) is 26.2 Å². The van der Waals surface area contributed by atoms with Crippen molar-refractivity contribution in [3.05, 3.63) is 82.9 Å². The molecule has 0 spiro atoms. The van der Waals surface area contributed by atoms with Crippen LogP contribution in [0.15, 0.2) is 54.6 Å². The van der Waals surface area contributed by atoms with Crippen LogP contribution in [0.5, 0.6) is 0 Å². The van der Waals surface area contributed by atoms with E-state index >= 15 is 0 Å². The highest BCUT2D eigenvalue weighted by Crippen LogP contribution is 2.26. The van der Waals surface area contributed by atoms with Crippen molar-refractivity contribution in [1.82, 2.24) is 19.9 Å². The minimum Gasteiger partial charge on any atom is -0.355 e. The molecule has 8 bridgehead atoms. The maximum atomic E-state index is 11.8. The molecule has 2 N–H and O–H groups in total. The van der Waals surface area contributed by atoms with Gasteiger partial charge in [0, 0.05) is 27.3 Å². The van der Waals surface area contributed by atoms with Gasteiger partial charge in [-0.15, -0.1) is 0 Å². The number of nitrogens with zero attached hydrogens (tertiary/aromatic N) is 2. The summed E-state index contributed by atoms with van der Waals surface area (Å²) in [6, 6.07) is 18.1. The molecule has 0 fully saturated rings. The van der Waals surface area contributed by atoms with Gasteiger partial charge < -0.3 is 9.97 Å². The molecule has 2 aliphatic rings. The van der Waals surface area contributed by atoms with Crippen molar-refractivity contribution < 1.29 is 4.79 Å². The maximum Gasteiger partial charge on any atom is 0.154 e. The normalized spacial score (nSPS) is 12.5. The van der Waals surface area contributed by atoms with Gasteiger partial charge in [-0.1, -0.05) is 24.3 Å². The predicted molar refractivity (Wildman–Crippen MR) is 122 cm³/mol.